The molecule has 180 valence electrons. The normalized spacial score (nSPS) is 11.8. The van der Waals surface area contributed by atoms with Gasteiger partial charge in [0.05, 0.1) is 37.3 Å². The summed E-state index contributed by atoms with van der Waals surface area (Å²) in [7, 11) is 0. The van der Waals surface area contributed by atoms with Crippen molar-refractivity contribution in [2.75, 3.05) is 13.2 Å². The number of nitrogens with one attached hydrogen (secondary N) is 1. The highest BCUT2D eigenvalue weighted by molar-refractivity contribution is 9.10. The number of aliphatic hydroxyl groups is 2. The first kappa shape index (κ1) is 25.4. The van der Waals surface area contributed by atoms with Gasteiger partial charge in [-0.25, -0.2) is 13.8 Å². The van der Waals surface area contributed by atoms with Crippen LogP contribution in [-0.4, -0.2) is 49.9 Å². The van der Waals surface area contributed by atoms with Crippen molar-refractivity contribution in [2.24, 2.45) is 0 Å². The van der Waals surface area contributed by atoms with Crippen LogP contribution in [0.2, 0.25) is 0 Å². The van der Waals surface area contributed by atoms with Gasteiger partial charge in [0.15, 0.2) is 0 Å². The largest absolute Gasteiger partial charge is 0.487 e. The first-order valence-electron chi connectivity index (χ1n) is 10.0. The minimum Gasteiger partial charge on any atom is -0.487 e. The fourth-order valence-electron chi connectivity index (χ4n) is 2.89. The Hall–Kier alpha value is -3.22. The van der Waals surface area contributed by atoms with E-state index in [4.69, 9.17) is 9.84 Å². The van der Waals surface area contributed by atoms with Crippen LogP contribution >= 0.6 is 15.9 Å². The third-order valence-corrected chi connectivity index (χ3v) is 5.51. The van der Waals surface area contributed by atoms with Gasteiger partial charge in [-0.2, -0.15) is 0 Å². The Balaban J connectivity index is 1.71. The zero-order chi connectivity index (χ0) is 24.8. The van der Waals surface area contributed by atoms with Crippen LogP contribution in [0.15, 0.2) is 45.9 Å². The lowest BCUT2D eigenvalue weighted by Crippen LogP contribution is -2.34. The lowest BCUT2D eigenvalue weighted by molar-refractivity contribution is 0.0798. The van der Waals surface area contributed by atoms with Gasteiger partial charge in [-0.1, -0.05) is 0 Å². The van der Waals surface area contributed by atoms with Crippen molar-refractivity contribution in [3.63, 3.8) is 0 Å². The van der Waals surface area contributed by atoms with E-state index in [2.05, 4.69) is 31.2 Å². The van der Waals surface area contributed by atoms with Crippen molar-refractivity contribution in [1.82, 2.24) is 19.9 Å². The summed E-state index contributed by atoms with van der Waals surface area (Å²) in [6.07, 6.45) is 1.50. The van der Waals surface area contributed by atoms with Gasteiger partial charge in [0.2, 0.25) is 0 Å². The van der Waals surface area contributed by atoms with Gasteiger partial charge in [-0.05, 0) is 35.0 Å². The summed E-state index contributed by atoms with van der Waals surface area (Å²) in [4.78, 5) is 33.0. The maximum absolute atomic E-state index is 13.8. The van der Waals surface area contributed by atoms with Gasteiger partial charge < -0.3 is 24.8 Å². The number of hydrogen-bond donors (Lipinski definition) is 3. The molecule has 3 aromatic rings. The number of benzene rings is 1. The molecule has 12 heteroatoms. The number of halogens is 3. The first-order valence-corrected chi connectivity index (χ1v) is 10.8. The predicted octanol–water partition coefficient (Wildman–Crippen LogP) is 1.70. The molecule has 34 heavy (non-hydrogen) atoms. The average molecular weight is 539 g/mol. The molecule has 2 heterocycles. The molecule has 2 aromatic heterocycles. The van der Waals surface area contributed by atoms with Crippen molar-refractivity contribution in [1.29, 1.82) is 0 Å². The Morgan fingerprint density at radius 2 is 2.03 bits per heavy atom. The van der Waals surface area contributed by atoms with E-state index < -0.39 is 35.8 Å². The number of aryl methyl sites for hydroxylation is 1. The maximum atomic E-state index is 13.8. The Kier molecular flexibility index (Phi) is 8.42. The second-order valence-corrected chi connectivity index (χ2v) is 8.11. The molecule has 1 unspecified atom stereocenters. The highest BCUT2D eigenvalue weighted by atomic mass is 79.9. The Bertz CT molecular complexity index is 1240. The van der Waals surface area contributed by atoms with Gasteiger partial charge in [-0.3, -0.25) is 14.6 Å². The molecule has 0 saturated heterocycles. The summed E-state index contributed by atoms with van der Waals surface area (Å²) in [6.45, 7) is 0.929. The monoisotopic (exact) mass is 538 g/mol. The minimum absolute atomic E-state index is 0.0101. The number of nitrogens with zero attached hydrogens (tertiary/aromatic N) is 3. The van der Waals surface area contributed by atoms with Crippen LogP contribution in [0.5, 0.6) is 5.75 Å². The Labute approximate surface area is 201 Å². The van der Waals surface area contributed by atoms with Crippen LogP contribution in [0.4, 0.5) is 8.78 Å². The topological polar surface area (TPSA) is 127 Å². The zero-order valence-electron chi connectivity index (χ0n) is 18.0. The van der Waals surface area contributed by atoms with Crippen LogP contribution in [-0.2, 0) is 13.2 Å². The lowest BCUT2D eigenvalue weighted by atomic mass is 10.2. The van der Waals surface area contributed by atoms with Crippen LogP contribution in [0.25, 0.3) is 0 Å². The molecule has 0 aliphatic carbocycles. The number of aromatic nitrogens is 3. The van der Waals surface area contributed by atoms with Gasteiger partial charge in [-0.15, -0.1) is 0 Å². The summed E-state index contributed by atoms with van der Waals surface area (Å²) in [5.74, 6) is -1.81. The second-order valence-electron chi connectivity index (χ2n) is 7.32. The molecule has 1 amide bonds. The number of ether oxygens (including phenoxy) is 1. The van der Waals surface area contributed by atoms with Crippen molar-refractivity contribution in [2.45, 2.75) is 26.2 Å². The maximum Gasteiger partial charge on any atom is 0.271 e. The zero-order valence-corrected chi connectivity index (χ0v) is 19.6. The summed E-state index contributed by atoms with van der Waals surface area (Å²) in [5, 5.41) is 20.5. The van der Waals surface area contributed by atoms with Gasteiger partial charge in [0.1, 0.15) is 34.2 Å². The molecule has 0 aliphatic rings. The molecule has 0 bridgehead atoms. The molecule has 1 aromatic carbocycles. The SMILES string of the molecule is Cc1cc(OCc2ccc(F)cc2F)c(Br)c(=O)n1Cc1cnc(C(=O)NCC(O)CO)cn1. The average Bonchev–Trinajstić information content (AvgIpc) is 2.82. The van der Waals surface area contributed by atoms with E-state index in [9.17, 15) is 23.5 Å². The highest BCUT2D eigenvalue weighted by Gasteiger charge is 2.15. The summed E-state index contributed by atoms with van der Waals surface area (Å²) >= 11 is 3.21. The molecule has 9 nitrogen and oxygen atoms in total. The minimum atomic E-state index is -1.08. The Morgan fingerprint density at radius 1 is 1.26 bits per heavy atom. The van der Waals surface area contributed by atoms with Crippen LogP contribution in [0, 0.1) is 18.6 Å². The first-order chi connectivity index (χ1) is 16.2. The van der Waals surface area contributed by atoms with E-state index in [1.165, 1.54) is 23.0 Å². The second kappa shape index (κ2) is 11.3. The molecule has 0 fully saturated rings. The molecule has 3 N–H and O–H groups in total. The fraction of sp³-hybridized carbons (Fsp3) is 0.273. The van der Waals surface area contributed by atoms with Crippen molar-refractivity contribution in [3.05, 3.63) is 85.8 Å². The molecule has 0 saturated carbocycles. The number of pyridine rings is 1. The summed E-state index contributed by atoms with van der Waals surface area (Å²) in [5.41, 5.74) is 0.669. The van der Waals surface area contributed by atoms with Gasteiger partial charge >= 0.3 is 0 Å². The number of rotatable bonds is 9. The summed E-state index contributed by atoms with van der Waals surface area (Å²) in [6, 6.07) is 4.73. The van der Waals surface area contributed by atoms with Crippen LogP contribution in [0.1, 0.15) is 27.4 Å². The third kappa shape index (κ3) is 6.22. The van der Waals surface area contributed by atoms with E-state index >= 15 is 0 Å². The van der Waals surface area contributed by atoms with Crippen molar-refractivity contribution in [3.8, 4) is 5.75 Å². The number of amides is 1. The van der Waals surface area contributed by atoms with Crippen molar-refractivity contribution >= 4 is 21.8 Å². The standard InChI is InChI=1S/C22H21BrF2N4O5/c1-12-4-19(34-11-13-2-3-14(24)5-17(13)25)20(23)22(33)29(12)9-15-6-27-18(8-26-15)21(32)28-7-16(31)10-30/h2-6,8,16,30-31H,7,9-11H2,1H3,(H,28,32). The van der Waals surface area contributed by atoms with E-state index in [-0.39, 0.29) is 41.2 Å². The van der Waals surface area contributed by atoms with Crippen molar-refractivity contribution < 1.29 is 28.5 Å². The molecular formula is C22H21BrF2N4O5. The number of hydrogen-bond acceptors (Lipinski definition) is 7. The molecular weight excluding hydrogens is 518 g/mol. The van der Waals surface area contributed by atoms with Crippen LogP contribution in [0.3, 0.4) is 0 Å². The summed E-state index contributed by atoms with van der Waals surface area (Å²) < 4.78 is 34.0. The molecule has 0 aliphatic heterocycles. The smallest absolute Gasteiger partial charge is 0.271 e. The van der Waals surface area contributed by atoms with Gasteiger partial charge in [0.25, 0.3) is 11.5 Å². The molecule has 1 atom stereocenters. The number of aliphatic hydroxyl groups excluding tert-OH is 2. The van der Waals surface area contributed by atoms with E-state index in [0.717, 1.165) is 12.1 Å². The van der Waals surface area contributed by atoms with E-state index in [1.807, 2.05) is 0 Å². The predicted molar refractivity (Wildman–Crippen MR) is 120 cm³/mol. The highest BCUT2D eigenvalue weighted by Crippen LogP contribution is 2.24. The number of carbonyl (C=O) groups excluding carboxylic acids is 1. The molecule has 0 spiro atoms. The quantitative estimate of drug-likeness (QED) is 0.378. The fourth-order valence-corrected chi connectivity index (χ4v) is 3.34. The molecule has 3 rings (SSSR count). The Morgan fingerprint density at radius 3 is 2.68 bits per heavy atom. The molecule has 0 radical (unpaired) electrons. The third-order valence-electron chi connectivity index (χ3n) is 4.78. The lowest BCUT2D eigenvalue weighted by Gasteiger charge is -2.14. The van der Waals surface area contributed by atoms with Gasteiger partial charge in [0, 0.05) is 29.9 Å². The van der Waals surface area contributed by atoms with E-state index in [1.54, 1.807) is 13.0 Å². The van der Waals surface area contributed by atoms with Crippen LogP contribution < -0.4 is 15.6 Å². The number of carbonyl (C=O) groups is 1. The van der Waals surface area contributed by atoms with E-state index in [0.29, 0.717) is 11.4 Å².